The highest BCUT2D eigenvalue weighted by Crippen LogP contribution is 2.35. The van der Waals surface area contributed by atoms with Crippen LogP contribution < -0.4 is 10.1 Å². The largest absolute Gasteiger partial charge is 0.496 e. The Morgan fingerprint density at radius 2 is 1.87 bits per heavy atom. The lowest BCUT2D eigenvalue weighted by molar-refractivity contribution is -0.124. The predicted octanol–water partition coefficient (Wildman–Crippen LogP) is 2.94. The van der Waals surface area contributed by atoms with Crippen LogP contribution in [0, 0.1) is 5.92 Å². The Hall–Kier alpha value is -2.19. The van der Waals surface area contributed by atoms with Gasteiger partial charge in [-0.2, -0.15) is 4.31 Å². The summed E-state index contributed by atoms with van der Waals surface area (Å²) in [6.07, 6.45) is 8.13. The van der Waals surface area contributed by atoms with E-state index in [1.807, 2.05) is 12.1 Å². The number of aliphatic imine (C=N–C) groups is 1. The molecule has 1 saturated heterocycles. The minimum absolute atomic E-state index is 0.0651. The molecule has 0 radical (unpaired) electrons. The molecular formula is C22H29N3O4S. The SMILES string of the molecule is COc1ccccc1/C=C/S(=O)(=O)N1CCC2(CC1)N=C(C1CCCCC1)NC2=O. The Labute approximate surface area is 178 Å². The standard InChI is InChI=1S/C22H29N3O4S/c1-29-19-10-6-5-7-17(19)11-16-30(27,28)25-14-12-22(13-15-25)21(26)23-20(24-22)18-8-3-2-4-9-18/h5-7,10-11,16,18H,2-4,8-9,12-15H2,1H3,(H,23,24,26)/b16-11+. The number of ether oxygens (including phenoxy) is 1. The number of methoxy groups -OCH3 is 1. The van der Waals surface area contributed by atoms with Gasteiger partial charge in [0.25, 0.3) is 5.91 Å². The normalized spacial score (nSPS) is 23.0. The van der Waals surface area contributed by atoms with Crippen LogP contribution in [0.3, 0.4) is 0 Å². The summed E-state index contributed by atoms with van der Waals surface area (Å²) in [6.45, 7) is 0.570. The number of hydrogen-bond donors (Lipinski definition) is 1. The molecule has 4 rings (SSSR count). The number of nitrogens with zero attached hydrogens (tertiary/aromatic N) is 2. The van der Waals surface area contributed by atoms with E-state index in [1.54, 1.807) is 25.3 Å². The maximum Gasteiger partial charge on any atom is 0.253 e. The van der Waals surface area contributed by atoms with E-state index in [9.17, 15) is 13.2 Å². The van der Waals surface area contributed by atoms with Crippen molar-refractivity contribution in [3.63, 3.8) is 0 Å². The van der Waals surface area contributed by atoms with Crippen molar-refractivity contribution in [2.75, 3.05) is 20.2 Å². The predicted molar refractivity (Wildman–Crippen MR) is 117 cm³/mol. The van der Waals surface area contributed by atoms with Gasteiger partial charge in [0.2, 0.25) is 10.0 Å². The van der Waals surface area contributed by atoms with Crippen LogP contribution in [-0.2, 0) is 14.8 Å². The van der Waals surface area contributed by atoms with Crippen molar-refractivity contribution in [3.05, 3.63) is 35.2 Å². The average molecular weight is 432 g/mol. The number of amidine groups is 1. The highest BCUT2D eigenvalue weighted by Gasteiger charge is 2.48. The van der Waals surface area contributed by atoms with Gasteiger partial charge in [-0.25, -0.2) is 8.42 Å². The molecule has 0 bridgehead atoms. The lowest BCUT2D eigenvalue weighted by Gasteiger charge is -2.34. The topological polar surface area (TPSA) is 88.1 Å². The Morgan fingerprint density at radius 3 is 2.57 bits per heavy atom. The molecule has 1 aromatic rings. The molecular weight excluding hydrogens is 402 g/mol. The number of para-hydroxylation sites is 1. The minimum atomic E-state index is -3.59. The fraction of sp³-hybridized carbons (Fsp3) is 0.545. The van der Waals surface area contributed by atoms with Crippen LogP contribution in [0.25, 0.3) is 6.08 Å². The number of rotatable bonds is 5. The third-order valence-electron chi connectivity index (χ3n) is 6.46. The molecule has 2 heterocycles. The summed E-state index contributed by atoms with van der Waals surface area (Å²) in [5, 5.41) is 4.23. The molecule has 162 valence electrons. The lowest BCUT2D eigenvalue weighted by Crippen LogP contribution is -2.50. The minimum Gasteiger partial charge on any atom is -0.496 e. The van der Waals surface area contributed by atoms with Gasteiger partial charge in [-0.1, -0.05) is 37.5 Å². The van der Waals surface area contributed by atoms with Crippen molar-refractivity contribution in [2.45, 2.75) is 50.5 Å². The molecule has 0 aromatic heterocycles. The molecule has 1 saturated carbocycles. The summed E-state index contributed by atoms with van der Waals surface area (Å²) in [5.41, 5.74) is -0.0977. The van der Waals surface area contributed by atoms with Crippen molar-refractivity contribution >= 4 is 27.8 Å². The molecule has 2 fully saturated rings. The number of carbonyl (C=O) groups excluding carboxylic acids is 1. The van der Waals surface area contributed by atoms with Gasteiger partial charge in [-0.05, 0) is 37.8 Å². The first kappa shape index (κ1) is 21.1. The third-order valence-corrected chi connectivity index (χ3v) is 8.02. The Balaban J connectivity index is 1.44. The maximum atomic E-state index is 12.8. The first-order chi connectivity index (χ1) is 14.4. The quantitative estimate of drug-likeness (QED) is 0.776. The summed E-state index contributed by atoms with van der Waals surface area (Å²) in [5.74, 6) is 1.72. The van der Waals surface area contributed by atoms with Crippen LogP contribution in [0.1, 0.15) is 50.5 Å². The van der Waals surface area contributed by atoms with E-state index in [1.165, 1.54) is 29.0 Å². The van der Waals surface area contributed by atoms with Gasteiger partial charge in [-0.15, -0.1) is 0 Å². The maximum absolute atomic E-state index is 12.8. The number of hydrogen-bond acceptors (Lipinski definition) is 5. The van der Waals surface area contributed by atoms with Crippen LogP contribution in [0.15, 0.2) is 34.7 Å². The Morgan fingerprint density at radius 1 is 1.17 bits per heavy atom. The summed E-state index contributed by atoms with van der Waals surface area (Å²) in [4.78, 5) is 17.5. The van der Waals surface area contributed by atoms with Gasteiger partial charge in [0.05, 0.1) is 7.11 Å². The Bertz CT molecular complexity index is 956. The molecule has 3 aliphatic rings. The molecule has 1 amide bonds. The van der Waals surface area contributed by atoms with Crippen LogP contribution in [0.5, 0.6) is 5.75 Å². The summed E-state index contributed by atoms with van der Waals surface area (Å²) >= 11 is 0. The van der Waals surface area contributed by atoms with Crippen LogP contribution in [-0.4, -0.2) is 50.2 Å². The first-order valence-electron chi connectivity index (χ1n) is 10.7. The highest BCUT2D eigenvalue weighted by molar-refractivity contribution is 7.92. The molecule has 1 spiro atoms. The molecule has 1 aliphatic carbocycles. The van der Waals surface area contributed by atoms with Gasteiger partial charge in [-0.3, -0.25) is 9.79 Å². The second-order valence-corrected chi connectivity index (χ2v) is 10.1. The van der Waals surface area contributed by atoms with E-state index in [0.717, 1.165) is 18.7 Å². The fourth-order valence-electron chi connectivity index (χ4n) is 4.61. The van der Waals surface area contributed by atoms with Crippen LogP contribution in [0.4, 0.5) is 0 Å². The zero-order valence-corrected chi connectivity index (χ0v) is 18.2. The van der Waals surface area contributed by atoms with Gasteiger partial charge in [0, 0.05) is 30.0 Å². The van der Waals surface area contributed by atoms with Crippen LogP contribution >= 0.6 is 0 Å². The third kappa shape index (κ3) is 4.16. The highest BCUT2D eigenvalue weighted by atomic mass is 32.2. The number of carbonyl (C=O) groups is 1. The van der Waals surface area contributed by atoms with E-state index in [2.05, 4.69) is 5.32 Å². The van der Waals surface area contributed by atoms with Crippen molar-refractivity contribution in [1.82, 2.24) is 9.62 Å². The van der Waals surface area contributed by atoms with Gasteiger partial charge >= 0.3 is 0 Å². The van der Waals surface area contributed by atoms with Gasteiger partial charge in [0.1, 0.15) is 17.1 Å². The van der Waals surface area contributed by atoms with Crippen molar-refractivity contribution in [2.24, 2.45) is 10.9 Å². The van der Waals surface area contributed by atoms with Crippen molar-refractivity contribution < 1.29 is 17.9 Å². The monoisotopic (exact) mass is 431 g/mol. The van der Waals surface area contributed by atoms with E-state index in [-0.39, 0.29) is 19.0 Å². The zero-order chi connectivity index (χ0) is 21.2. The molecule has 0 unspecified atom stereocenters. The van der Waals surface area contributed by atoms with Gasteiger partial charge < -0.3 is 10.1 Å². The van der Waals surface area contributed by atoms with E-state index in [0.29, 0.717) is 30.1 Å². The molecule has 8 heteroatoms. The number of sulfonamides is 1. The van der Waals surface area contributed by atoms with Crippen molar-refractivity contribution in [1.29, 1.82) is 0 Å². The number of nitrogens with one attached hydrogen (secondary N) is 1. The van der Waals surface area contributed by atoms with E-state index in [4.69, 9.17) is 9.73 Å². The second kappa shape index (κ2) is 8.51. The fourth-order valence-corrected chi connectivity index (χ4v) is 5.79. The molecule has 1 N–H and O–H groups in total. The second-order valence-electron chi connectivity index (χ2n) is 8.31. The number of amides is 1. The number of benzene rings is 1. The number of piperidine rings is 1. The average Bonchev–Trinajstić information content (AvgIpc) is 3.09. The molecule has 7 nitrogen and oxygen atoms in total. The molecule has 1 aromatic carbocycles. The van der Waals surface area contributed by atoms with E-state index < -0.39 is 15.6 Å². The van der Waals surface area contributed by atoms with E-state index >= 15 is 0 Å². The molecule has 30 heavy (non-hydrogen) atoms. The van der Waals surface area contributed by atoms with Crippen LogP contribution in [0.2, 0.25) is 0 Å². The smallest absolute Gasteiger partial charge is 0.253 e. The molecule has 2 aliphatic heterocycles. The summed E-state index contributed by atoms with van der Waals surface area (Å²) < 4.78 is 32.3. The van der Waals surface area contributed by atoms with Crippen molar-refractivity contribution in [3.8, 4) is 5.75 Å². The Kier molecular flexibility index (Phi) is 5.97. The van der Waals surface area contributed by atoms with Gasteiger partial charge in [0.15, 0.2) is 0 Å². The first-order valence-corrected chi connectivity index (χ1v) is 12.2. The lowest BCUT2D eigenvalue weighted by atomic mass is 9.88. The summed E-state index contributed by atoms with van der Waals surface area (Å²) in [6, 6.07) is 7.27. The molecule has 0 atom stereocenters. The summed E-state index contributed by atoms with van der Waals surface area (Å²) in [7, 11) is -2.03. The zero-order valence-electron chi connectivity index (χ0n) is 17.3.